The summed E-state index contributed by atoms with van der Waals surface area (Å²) >= 11 is 0. The molecule has 4 rings (SSSR count). The molecule has 2 N–H and O–H groups in total. The standard InChI is InChI=1S/C25H28F2N6O3S/c1-16(2)37(36)18-6-4-17(5-7-18)30-21-20-19(8-13-29-22(20)34)33(31-21)25(9-12-28)10-14-32(15-11-25)23(35)24(3,26)27/h4-8,13,16H,9-11,14-15H2,1-3H3,(H,29,34)(H,30,31). The van der Waals surface area contributed by atoms with Crippen molar-refractivity contribution in [1.29, 1.82) is 5.26 Å². The van der Waals surface area contributed by atoms with E-state index in [2.05, 4.69) is 21.5 Å². The zero-order chi connectivity index (χ0) is 27.0. The molecule has 1 aliphatic heterocycles. The maximum Gasteiger partial charge on any atom is 0.322 e. The molecule has 12 heteroatoms. The first-order valence-corrected chi connectivity index (χ1v) is 13.1. The van der Waals surface area contributed by atoms with Crippen LogP contribution in [0, 0.1) is 11.3 Å². The molecule has 196 valence electrons. The van der Waals surface area contributed by atoms with Crippen molar-refractivity contribution in [1.82, 2.24) is 19.7 Å². The number of nitriles is 1. The van der Waals surface area contributed by atoms with Gasteiger partial charge in [0.05, 0.1) is 34.3 Å². The summed E-state index contributed by atoms with van der Waals surface area (Å²) in [6, 6.07) is 10.8. The first-order chi connectivity index (χ1) is 17.5. The number of H-pyrrole nitrogens is 1. The molecule has 3 heterocycles. The summed E-state index contributed by atoms with van der Waals surface area (Å²) in [5.74, 6) is -4.45. The van der Waals surface area contributed by atoms with Gasteiger partial charge in [0.25, 0.3) is 11.5 Å². The molecule has 0 bridgehead atoms. The molecule has 0 aliphatic carbocycles. The largest absolute Gasteiger partial charge is 0.338 e. The number of piperidine rings is 1. The van der Waals surface area contributed by atoms with Crippen LogP contribution in [0.25, 0.3) is 10.9 Å². The zero-order valence-corrected chi connectivity index (χ0v) is 21.6. The molecule has 3 aromatic rings. The number of amides is 1. The average Bonchev–Trinajstić information content (AvgIpc) is 3.24. The zero-order valence-electron chi connectivity index (χ0n) is 20.8. The minimum Gasteiger partial charge on any atom is -0.338 e. The van der Waals surface area contributed by atoms with Gasteiger partial charge in [0.2, 0.25) is 0 Å². The van der Waals surface area contributed by atoms with Gasteiger partial charge in [0.15, 0.2) is 5.82 Å². The molecule has 1 amide bonds. The molecule has 0 radical (unpaired) electrons. The number of fused-ring (bicyclic) bond motifs is 1. The van der Waals surface area contributed by atoms with Gasteiger partial charge >= 0.3 is 5.92 Å². The Hall–Kier alpha value is -3.59. The average molecular weight is 531 g/mol. The van der Waals surface area contributed by atoms with E-state index < -0.39 is 28.2 Å². The molecule has 1 atom stereocenters. The number of hydrogen-bond acceptors (Lipinski definition) is 6. The summed E-state index contributed by atoms with van der Waals surface area (Å²) in [4.78, 5) is 29.4. The Morgan fingerprint density at radius 2 is 1.92 bits per heavy atom. The maximum absolute atomic E-state index is 13.6. The third-order valence-corrected chi connectivity index (χ3v) is 8.19. The summed E-state index contributed by atoms with van der Waals surface area (Å²) in [5.41, 5.74) is -0.161. The number of nitrogens with one attached hydrogen (secondary N) is 2. The Morgan fingerprint density at radius 1 is 1.27 bits per heavy atom. The number of hydrogen-bond donors (Lipinski definition) is 2. The number of aromatic nitrogens is 3. The van der Waals surface area contributed by atoms with E-state index in [1.54, 1.807) is 35.0 Å². The van der Waals surface area contributed by atoms with Crippen molar-refractivity contribution in [3.8, 4) is 6.07 Å². The second-order valence-electron chi connectivity index (χ2n) is 9.56. The molecule has 0 spiro atoms. The number of rotatable bonds is 7. The topological polar surface area (TPSA) is 124 Å². The molecule has 1 fully saturated rings. The van der Waals surface area contributed by atoms with Crippen LogP contribution in [-0.4, -0.2) is 54.0 Å². The summed E-state index contributed by atoms with van der Waals surface area (Å²) in [6.45, 7) is 4.39. The van der Waals surface area contributed by atoms with Gasteiger partial charge in [-0.05, 0) is 43.2 Å². The van der Waals surface area contributed by atoms with E-state index in [4.69, 9.17) is 0 Å². The van der Waals surface area contributed by atoms with E-state index in [9.17, 15) is 27.8 Å². The maximum atomic E-state index is 13.6. The fourth-order valence-corrected chi connectivity index (χ4v) is 5.57. The normalized spacial score (nSPS) is 16.5. The minimum absolute atomic E-state index is 0.0241. The highest BCUT2D eigenvalue weighted by molar-refractivity contribution is 7.85. The lowest BCUT2D eigenvalue weighted by molar-refractivity contribution is -0.157. The fourth-order valence-electron chi connectivity index (χ4n) is 4.62. The highest BCUT2D eigenvalue weighted by atomic mass is 32.2. The Morgan fingerprint density at radius 3 is 2.49 bits per heavy atom. The van der Waals surface area contributed by atoms with Crippen molar-refractivity contribution in [2.75, 3.05) is 18.4 Å². The van der Waals surface area contributed by atoms with Crippen molar-refractivity contribution in [3.05, 3.63) is 46.9 Å². The Labute approximate surface area is 214 Å². The number of likely N-dealkylation sites (tertiary alicyclic amines) is 1. The number of pyridine rings is 1. The van der Waals surface area contributed by atoms with Crippen LogP contribution in [0.3, 0.4) is 0 Å². The Balaban J connectivity index is 1.71. The van der Waals surface area contributed by atoms with E-state index in [1.807, 2.05) is 13.8 Å². The lowest BCUT2D eigenvalue weighted by atomic mass is 9.84. The number of nitrogens with zero attached hydrogens (tertiary/aromatic N) is 4. The quantitative estimate of drug-likeness (QED) is 0.478. The predicted octanol–water partition coefficient (Wildman–Crippen LogP) is 3.87. The van der Waals surface area contributed by atoms with Crippen LogP contribution in [0.5, 0.6) is 0 Å². The van der Waals surface area contributed by atoms with Crippen LogP contribution in [0.2, 0.25) is 0 Å². The van der Waals surface area contributed by atoms with Gasteiger partial charge in [-0.15, -0.1) is 0 Å². The number of alkyl halides is 2. The molecule has 1 saturated heterocycles. The van der Waals surface area contributed by atoms with Crippen LogP contribution >= 0.6 is 0 Å². The molecular weight excluding hydrogens is 502 g/mol. The monoisotopic (exact) mass is 530 g/mol. The molecule has 1 aromatic carbocycles. The second-order valence-corrected chi connectivity index (χ2v) is 11.6. The van der Waals surface area contributed by atoms with Crippen LogP contribution in [0.15, 0.2) is 46.2 Å². The molecule has 37 heavy (non-hydrogen) atoms. The van der Waals surface area contributed by atoms with Gasteiger partial charge in [-0.1, -0.05) is 13.8 Å². The number of aromatic amines is 1. The summed E-state index contributed by atoms with van der Waals surface area (Å²) in [6.07, 6.45) is 1.96. The van der Waals surface area contributed by atoms with Crippen LogP contribution in [0.4, 0.5) is 20.3 Å². The van der Waals surface area contributed by atoms with Crippen LogP contribution < -0.4 is 10.9 Å². The van der Waals surface area contributed by atoms with Gasteiger partial charge in [0.1, 0.15) is 5.39 Å². The van der Waals surface area contributed by atoms with Crippen molar-refractivity contribution in [3.63, 3.8) is 0 Å². The molecule has 1 aliphatic rings. The van der Waals surface area contributed by atoms with E-state index in [1.165, 1.54) is 6.20 Å². The van der Waals surface area contributed by atoms with Gasteiger partial charge in [-0.3, -0.25) is 18.5 Å². The Kier molecular flexibility index (Phi) is 7.19. The molecular formula is C25H28F2N6O3S. The third kappa shape index (κ3) is 5.13. The van der Waals surface area contributed by atoms with Gasteiger partial charge in [-0.25, -0.2) is 0 Å². The molecule has 2 aromatic heterocycles. The predicted molar refractivity (Wildman–Crippen MR) is 136 cm³/mol. The fraction of sp³-hybridized carbons (Fsp3) is 0.440. The number of carbonyl (C=O) groups is 1. The first-order valence-electron chi connectivity index (χ1n) is 11.9. The highest BCUT2D eigenvalue weighted by Gasteiger charge is 2.44. The van der Waals surface area contributed by atoms with E-state index in [0.717, 1.165) is 4.90 Å². The smallest absolute Gasteiger partial charge is 0.322 e. The number of carbonyl (C=O) groups excluding carboxylic acids is 1. The van der Waals surface area contributed by atoms with Crippen LogP contribution in [-0.2, 0) is 21.1 Å². The van der Waals surface area contributed by atoms with Gasteiger partial charge in [-0.2, -0.15) is 19.1 Å². The second kappa shape index (κ2) is 10.0. The third-order valence-electron chi connectivity index (χ3n) is 6.60. The molecule has 1 unspecified atom stereocenters. The number of halogens is 2. The Bertz CT molecular complexity index is 1430. The van der Waals surface area contributed by atoms with Crippen molar-refractivity contribution >= 4 is 39.1 Å². The lowest BCUT2D eigenvalue weighted by Gasteiger charge is -2.41. The first kappa shape index (κ1) is 26.5. The minimum atomic E-state index is -3.48. The van der Waals surface area contributed by atoms with E-state index in [-0.39, 0.29) is 54.4 Å². The van der Waals surface area contributed by atoms with E-state index in [0.29, 0.717) is 23.0 Å². The summed E-state index contributed by atoms with van der Waals surface area (Å²) in [7, 11) is -1.14. The van der Waals surface area contributed by atoms with Crippen molar-refractivity contribution in [2.45, 2.75) is 61.6 Å². The lowest BCUT2D eigenvalue weighted by Crippen LogP contribution is -2.51. The molecule has 0 saturated carbocycles. The summed E-state index contributed by atoms with van der Waals surface area (Å²) in [5, 5.41) is 17.7. The number of anilines is 2. The van der Waals surface area contributed by atoms with Crippen molar-refractivity contribution < 1.29 is 17.8 Å². The van der Waals surface area contributed by atoms with Gasteiger partial charge in [0, 0.05) is 42.0 Å². The van der Waals surface area contributed by atoms with Gasteiger partial charge < -0.3 is 15.2 Å². The van der Waals surface area contributed by atoms with Crippen molar-refractivity contribution in [2.24, 2.45) is 0 Å². The van der Waals surface area contributed by atoms with E-state index >= 15 is 0 Å². The summed E-state index contributed by atoms with van der Waals surface area (Å²) < 4.78 is 41.2. The number of benzene rings is 1. The highest BCUT2D eigenvalue weighted by Crippen LogP contribution is 2.38. The SMILES string of the molecule is CC(C)S(=O)c1ccc(Nc2nn(C3(CC#N)CCN(C(=O)C(C)(F)F)CC3)c3cc[nH]c(=O)c23)cc1. The van der Waals surface area contributed by atoms with Crippen LogP contribution in [0.1, 0.15) is 40.0 Å². The molecule has 9 nitrogen and oxygen atoms in total.